The second kappa shape index (κ2) is 8.20. The van der Waals surface area contributed by atoms with Crippen molar-refractivity contribution in [1.29, 1.82) is 0 Å². The third-order valence-corrected chi connectivity index (χ3v) is 6.55. The zero-order valence-corrected chi connectivity index (χ0v) is 18.0. The molecule has 0 aliphatic carbocycles. The normalized spacial score (nSPS) is 20.3. The first-order chi connectivity index (χ1) is 14.3. The van der Waals surface area contributed by atoms with E-state index in [1.165, 1.54) is 15.6 Å². The fraction of sp³-hybridized carbons (Fsp3) is 0.316. The van der Waals surface area contributed by atoms with E-state index in [2.05, 4.69) is 37.0 Å². The summed E-state index contributed by atoms with van der Waals surface area (Å²) in [6.07, 6.45) is 2.40. The highest BCUT2D eigenvalue weighted by Crippen LogP contribution is 2.30. The van der Waals surface area contributed by atoms with Crippen LogP contribution in [-0.2, 0) is 21.1 Å². The van der Waals surface area contributed by atoms with E-state index >= 15 is 0 Å². The summed E-state index contributed by atoms with van der Waals surface area (Å²) >= 11 is 2.99. The molecule has 0 unspecified atom stereocenters. The second-order valence-corrected chi connectivity index (χ2v) is 9.54. The molecule has 0 spiro atoms. The van der Waals surface area contributed by atoms with Crippen LogP contribution in [0, 0.1) is 16.6 Å². The Kier molecular flexibility index (Phi) is 5.62. The molecule has 1 saturated heterocycles. The van der Waals surface area contributed by atoms with Crippen LogP contribution in [-0.4, -0.2) is 53.7 Å². The maximum atomic E-state index is 14.7. The van der Waals surface area contributed by atoms with Crippen LogP contribution in [0.15, 0.2) is 30.5 Å². The number of benzene rings is 1. The predicted molar refractivity (Wildman–Crippen MR) is 111 cm³/mol. The number of rotatable bonds is 4. The van der Waals surface area contributed by atoms with Gasteiger partial charge in [-0.2, -0.15) is 0 Å². The number of halogens is 2. The van der Waals surface area contributed by atoms with E-state index in [0.717, 1.165) is 0 Å². The minimum absolute atomic E-state index is 0.00534. The summed E-state index contributed by atoms with van der Waals surface area (Å²) in [7, 11) is -3.09. The van der Waals surface area contributed by atoms with Crippen LogP contribution in [0.4, 0.5) is 14.9 Å². The molecule has 0 bridgehead atoms. The maximum absolute atomic E-state index is 14.7. The number of hydrogen-bond donors (Lipinski definition) is 0. The summed E-state index contributed by atoms with van der Waals surface area (Å²) in [5.41, 5.74) is 1.86. The lowest BCUT2D eigenvalue weighted by molar-refractivity contribution is 0.129. The Balaban J connectivity index is 1.47. The Morgan fingerprint density at radius 3 is 2.90 bits per heavy atom. The molecule has 3 heterocycles. The summed E-state index contributed by atoms with van der Waals surface area (Å²) in [5, 5.41) is 7.81. The highest BCUT2D eigenvalue weighted by Gasteiger charge is 2.33. The van der Waals surface area contributed by atoms with Crippen molar-refractivity contribution in [2.45, 2.75) is 19.1 Å². The van der Waals surface area contributed by atoms with Crippen LogP contribution in [0.5, 0.6) is 0 Å². The molecular formula is C19H16BrFN4O4S. The van der Waals surface area contributed by atoms with Gasteiger partial charge in [-0.15, -0.1) is 5.10 Å². The van der Waals surface area contributed by atoms with Crippen LogP contribution in [0.3, 0.4) is 0 Å². The monoisotopic (exact) mass is 494 g/mol. The summed E-state index contributed by atoms with van der Waals surface area (Å²) in [5.74, 6) is 2.12. The Hall–Kier alpha value is -2.71. The lowest BCUT2D eigenvalue weighted by atomic mass is 10.0. The van der Waals surface area contributed by atoms with Crippen molar-refractivity contribution in [3.05, 3.63) is 47.5 Å². The number of anilines is 1. The molecule has 2 aliphatic rings. The molecule has 30 heavy (non-hydrogen) atoms. The average molecular weight is 495 g/mol. The van der Waals surface area contributed by atoms with Crippen LogP contribution < -0.4 is 4.90 Å². The van der Waals surface area contributed by atoms with Gasteiger partial charge in [0.1, 0.15) is 11.9 Å². The number of allylic oxidation sites excluding steroid dienone is 1. The third kappa shape index (κ3) is 4.39. The standard InChI is InChI=1S/C19H16BrFN4O4S/c20-6-3-14-10-24(23-22-14)11-16-12-25(19(26)29-16)15-1-2-17(18(21)9-15)13-4-7-30(27,28)8-5-13/h1-2,4,9-10,16H,5,7-8,11-12H2/t16-/m0/s1. The number of sulfone groups is 1. The Morgan fingerprint density at radius 1 is 1.37 bits per heavy atom. The maximum Gasteiger partial charge on any atom is 0.414 e. The lowest BCUT2D eigenvalue weighted by Crippen LogP contribution is -2.26. The van der Waals surface area contributed by atoms with Gasteiger partial charge in [0.05, 0.1) is 36.5 Å². The number of amides is 1. The van der Waals surface area contributed by atoms with E-state index in [1.807, 2.05) is 0 Å². The summed E-state index contributed by atoms with van der Waals surface area (Å²) in [4.78, 5) is 16.2. The molecule has 0 radical (unpaired) electrons. The SMILES string of the molecule is O=C1O[C@@H](Cn2cc(C#CBr)nn2)CN1c1ccc(C2=CCS(=O)(=O)CC2)c(F)c1. The number of carbonyl (C=O) groups is 1. The molecule has 156 valence electrons. The predicted octanol–water partition coefficient (Wildman–Crippen LogP) is 2.35. The van der Waals surface area contributed by atoms with Crippen molar-refractivity contribution in [2.75, 3.05) is 23.0 Å². The van der Waals surface area contributed by atoms with E-state index < -0.39 is 27.9 Å². The van der Waals surface area contributed by atoms with Crippen LogP contribution in [0.1, 0.15) is 17.7 Å². The van der Waals surface area contributed by atoms with Crippen molar-refractivity contribution in [3.63, 3.8) is 0 Å². The molecule has 1 fully saturated rings. The number of ether oxygens (including phenoxy) is 1. The molecule has 1 amide bonds. The quantitative estimate of drug-likeness (QED) is 0.605. The average Bonchev–Trinajstić information content (AvgIpc) is 3.29. The van der Waals surface area contributed by atoms with E-state index in [-0.39, 0.29) is 24.5 Å². The Labute approximate surface area is 180 Å². The second-order valence-electron chi connectivity index (χ2n) is 6.92. The summed E-state index contributed by atoms with van der Waals surface area (Å²) in [6, 6.07) is 4.46. The molecule has 0 N–H and O–H groups in total. The van der Waals surface area contributed by atoms with Crippen molar-refractivity contribution < 1.29 is 22.3 Å². The van der Waals surface area contributed by atoms with Gasteiger partial charge >= 0.3 is 6.09 Å². The number of nitrogens with zero attached hydrogens (tertiary/aromatic N) is 4. The molecular weight excluding hydrogens is 479 g/mol. The number of carbonyl (C=O) groups excluding carboxylic acids is 1. The first-order valence-electron chi connectivity index (χ1n) is 9.04. The minimum atomic E-state index is -3.09. The molecule has 1 aromatic carbocycles. The zero-order chi connectivity index (χ0) is 21.3. The van der Waals surface area contributed by atoms with Gasteiger partial charge in [0.15, 0.2) is 15.5 Å². The molecule has 2 aliphatic heterocycles. The van der Waals surface area contributed by atoms with E-state index in [1.54, 1.807) is 24.4 Å². The first kappa shape index (κ1) is 20.6. The van der Waals surface area contributed by atoms with Crippen molar-refractivity contribution in [3.8, 4) is 10.8 Å². The summed E-state index contributed by atoms with van der Waals surface area (Å²) in [6.45, 7) is 0.527. The molecule has 2 aromatic rings. The Morgan fingerprint density at radius 2 is 2.20 bits per heavy atom. The number of cyclic esters (lactones) is 1. The van der Waals surface area contributed by atoms with Crippen molar-refractivity contribution >= 4 is 43.1 Å². The van der Waals surface area contributed by atoms with Crippen molar-refractivity contribution in [1.82, 2.24) is 15.0 Å². The largest absolute Gasteiger partial charge is 0.442 e. The van der Waals surface area contributed by atoms with Crippen molar-refractivity contribution in [2.24, 2.45) is 0 Å². The fourth-order valence-electron chi connectivity index (χ4n) is 3.38. The fourth-order valence-corrected chi connectivity index (χ4v) is 4.74. The van der Waals surface area contributed by atoms with Gasteiger partial charge in [-0.1, -0.05) is 11.3 Å². The third-order valence-electron chi connectivity index (χ3n) is 4.86. The van der Waals surface area contributed by atoms with E-state index in [9.17, 15) is 17.6 Å². The molecule has 1 atom stereocenters. The first-order valence-corrected chi connectivity index (χ1v) is 11.7. The van der Waals surface area contributed by atoms with Crippen LogP contribution >= 0.6 is 15.9 Å². The van der Waals surface area contributed by atoms with Gasteiger partial charge in [-0.25, -0.2) is 22.3 Å². The number of hydrogen-bond acceptors (Lipinski definition) is 6. The van der Waals surface area contributed by atoms with E-state index in [4.69, 9.17) is 4.74 Å². The van der Waals surface area contributed by atoms with Gasteiger partial charge < -0.3 is 4.74 Å². The van der Waals surface area contributed by atoms with Gasteiger partial charge in [0, 0.05) is 21.5 Å². The highest BCUT2D eigenvalue weighted by molar-refractivity contribution is 9.12. The van der Waals surface area contributed by atoms with Gasteiger partial charge in [-0.05, 0) is 40.9 Å². The van der Waals surface area contributed by atoms with Gasteiger partial charge in [0.25, 0.3) is 0 Å². The molecule has 4 rings (SSSR count). The topological polar surface area (TPSA) is 94.4 Å². The summed E-state index contributed by atoms with van der Waals surface area (Å²) < 4.78 is 44.7. The lowest BCUT2D eigenvalue weighted by Gasteiger charge is -2.17. The Bertz CT molecular complexity index is 1200. The van der Waals surface area contributed by atoms with Gasteiger partial charge in [-0.3, -0.25) is 4.90 Å². The van der Waals surface area contributed by atoms with E-state index in [0.29, 0.717) is 29.1 Å². The van der Waals surface area contributed by atoms with Crippen LogP contribution in [0.2, 0.25) is 0 Å². The molecule has 1 aromatic heterocycles. The van der Waals surface area contributed by atoms with Crippen LogP contribution in [0.25, 0.3) is 5.57 Å². The highest BCUT2D eigenvalue weighted by atomic mass is 79.9. The molecule has 8 nitrogen and oxygen atoms in total. The van der Waals surface area contributed by atoms with Gasteiger partial charge in [0.2, 0.25) is 0 Å². The molecule has 0 saturated carbocycles. The molecule has 11 heteroatoms. The minimum Gasteiger partial charge on any atom is -0.442 e. The smallest absolute Gasteiger partial charge is 0.414 e. The number of aromatic nitrogens is 3. The zero-order valence-electron chi connectivity index (χ0n) is 15.6.